The molecule has 0 bridgehead atoms. The third-order valence-corrected chi connectivity index (χ3v) is 6.23. The minimum absolute atomic E-state index is 0.143. The lowest BCUT2D eigenvalue weighted by Gasteiger charge is -2.10. The van der Waals surface area contributed by atoms with Gasteiger partial charge in [-0.15, -0.1) is 11.3 Å². The molecule has 0 aliphatic heterocycles. The second-order valence-electron chi connectivity index (χ2n) is 6.12. The SMILES string of the molecule is O=C(NCc1cn2ccsc2n1)c1cccc(S(=O)(=O)Nc2ccccc2F)c1. The Balaban J connectivity index is 1.49. The van der Waals surface area contributed by atoms with Crippen molar-refractivity contribution < 1.29 is 17.6 Å². The highest BCUT2D eigenvalue weighted by atomic mass is 32.2. The highest BCUT2D eigenvalue weighted by Gasteiger charge is 2.18. The van der Waals surface area contributed by atoms with Crippen LogP contribution in [-0.2, 0) is 16.6 Å². The van der Waals surface area contributed by atoms with Crippen molar-refractivity contribution >= 4 is 37.9 Å². The van der Waals surface area contributed by atoms with Gasteiger partial charge in [-0.25, -0.2) is 17.8 Å². The number of hydrogen-bond acceptors (Lipinski definition) is 5. The molecule has 2 aromatic carbocycles. The van der Waals surface area contributed by atoms with Crippen molar-refractivity contribution in [1.29, 1.82) is 0 Å². The van der Waals surface area contributed by atoms with Gasteiger partial charge in [0, 0.05) is 23.3 Å². The number of nitrogens with zero attached hydrogens (tertiary/aromatic N) is 2. The zero-order valence-corrected chi connectivity index (χ0v) is 16.5. The van der Waals surface area contributed by atoms with Crippen LogP contribution in [0.25, 0.3) is 4.96 Å². The molecule has 0 aliphatic carbocycles. The summed E-state index contributed by atoms with van der Waals surface area (Å²) in [6.07, 6.45) is 3.68. The first-order valence-electron chi connectivity index (χ1n) is 8.49. The third kappa shape index (κ3) is 4.13. The third-order valence-electron chi connectivity index (χ3n) is 4.10. The summed E-state index contributed by atoms with van der Waals surface area (Å²) >= 11 is 1.48. The number of carbonyl (C=O) groups is 1. The molecule has 2 heterocycles. The van der Waals surface area contributed by atoms with Crippen LogP contribution in [0.5, 0.6) is 0 Å². The standard InChI is InChI=1S/C19H15FN4O3S2/c20-16-6-1-2-7-17(16)23-29(26,27)15-5-3-4-13(10-15)18(25)21-11-14-12-24-8-9-28-19(24)22-14/h1-10,12,23H,11H2,(H,21,25). The first kappa shape index (κ1) is 19.1. The topological polar surface area (TPSA) is 92.6 Å². The fourth-order valence-corrected chi connectivity index (χ4v) is 4.52. The number of hydrogen-bond donors (Lipinski definition) is 2. The van der Waals surface area contributed by atoms with Gasteiger partial charge in [0.15, 0.2) is 4.96 Å². The molecule has 2 N–H and O–H groups in total. The first-order valence-corrected chi connectivity index (χ1v) is 10.9. The lowest BCUT2D eigenvalue weighted by Crippen LogP contribution is -2.23. The first-order chi connectivity index (χ1) is 13.9. The quantitative estimate of drug-likeness (QED) is 0.491. The van der Waals surface area contributed by atoms with Crippen molar-refractivity contribution in [2.45, 2.75) is 11.4 Å². The maximum atomic E-state index is 13.8. The molecule has 0 spiro atoms. The molecule has 0 saturated heterocycles. The molecule has 0 atom stereocenters. The molecule has 7 nitrogen and oxygen atoms in total. The molecule has 0 aliphatic rings. The van der Waals surface area contributed by atoms with E-state index in [2.05, 4.69) is 15.0 Å². The Morgan fingerprint density at radius 3 is 2.79 bits per heavy atom. The van der Waals surface area contributed by atoms with E-state index in [1.807, 2.05) is 22.2 Å². The van der Waals surface area contributed by atoms with E-state index in [0.717, 1.165) is 11.0 Å². The van der Waals surface area contributed by atoms with Gasteiger partial charge >= 0.3 is 0 Å². The number of amides is 1. The summed E-state index contributed by atoms with van der Waals surface area (Å²) in [5, 5.41) is 4.63. The van der Waals surface area contributed by atoms with E-state index >= 15 is 0 Å². The van der Waals surface area contributed by atoms with Crippen LogP contribution >= 0.6 is 11.3 Å². The Bertz CT molecular complexity index is 1270. The number of carbonyl (C=O) groups excluding carboxylic acids is 1. The Morgan fingerprint density at radius 2 is 2.00 bits per heavy atom. The summed E-state index contributed by atoms with van der Waals surface area (Å²) < 4.78 is 42.9. The molecule has 10 heteroatoms. The molecule has 2 aromatic heterocycles. The number of aromatic nitrogens is 2. The summed E-state index contributed by atoms with van der Waals surface area (Å²) in [4.78, 5) is 17.5. The minimum Gasteiger partial charge on any atom is -0.346 e. The Morgan fingerprint density at radius 1 is 1.17 bits per heavy atom. The molecule has 0 saturated carbocycles. The van der Waals surface area contributed by atoms with E-state index in [9.17, 15) is 17.6 Å². The predicted molar refractivity (Wildman–Crippen MR) is 108 cm³/mol. The summed E-state index contributed by atoms with van der Waals surface area (Å²) in [6.45, 7) is 0.206. The number of anilines is 1. The van der Waals surface area contributed by atoms with Gasteiger partial charge < -0.3 is 5.32 Å². The Hall–Kier alpha value is -3.24. The second-order valence-corrected chi connectivity index (χ2v) is 8.68. The van der Waals surface area contributed by atoms with Crippen molar-refractivity contribution in [1.82, 2.24) is 14.7 Å². The monoisotopic (exact) mass is 430 g/mol. The van der Waals surface area contributed by atoms with E-state index in [4.69, 9.17) is 0 Å². The van der Waals surface area contributed by atoms with Gasteiger partial charge in [-0.2, -0.15) is 0 Å². The van der Waals surface area contributed by atoms with Gasteiger partial charge in [-0.05, 0) is 30.3 Å². The average Bonchev–Trinajstić information content (AvgIpc) is 3.30. The molecule has 1 amide bonds. The fourth-order valence-electron chi connectivity index (χ4n) is 2.69. The maximum absolute atomic E-state index is 13.8. The molecule has 0 radical (unpaired) electrons. The fraction of sp³-hybridized carbons (Fsp3) is 0.0526. The average molecular weight is 430 g/mol. The number of thiazole rings is 1. The van der Waals surface area contributed by atoms with Crippen LogP contribution < -0.4 is 10.0 Å². The van der Waals surface area contributed by atoms with Crippen molar-refractivity contribution in [2.24, 2.45) is 0 Å². The van der Waals surface area contributed by atoms with E-state index in [1.165, 1.54) is 53.8 Å². The molecule has 4 aromatic rings. The highest BCUT2D eigenvalue weighted by Crippen LogP contribution is 2.19. The second kappa shape index (κ2) is 7.64. The lowest BCUT2D eigenvalue weighted by atomic mass is 10.2. The summed E-state index contributed by atoms with van der Waals surface area (Å²) in [5.74, 6) is -1.13. The number of imidazole rings is 1. The van der Waals surface area contributed by atoms with Crippen molar-refractivity contribution in [3.05, 3.63) is 83.4 Å². The van der Waals surface area contributed by atoms with Crippen molar-refractivity contribution in [3.8, 4) is 0 Å². The summed E-state index contributed by atoms with van der Waals surface area (Å²) in [6, 6.07) is 11.0. The number of fused-ring (bicyclic) bond motifs is 1. The lowest BCUT2D eigenvalue weighted by molar-refractivity contribution is 0.0950. The van der Waals surface area contributed by atoms with Crippen LogP contribution in [0.2, 0.25) is 0 Å². The summed E-state index contributed by atoms with van der Waals surface area (Å²) in [7, 11) is -4.05. The maximum Gasteiger partial charge on any atom is 0.262 e. The van der Waals surface area contributed by atoms with E-state index in [0.29, 0.717) is 5.69 Å². The number of para-hydroxylation sites is 1. The largest absolute Gasteiger partial charge is 0.346 e. The molecule has 4 rings (SSSR count). The van der Waals surface area contributed by atoms with Gasteiger partial charge in [-0.3, -0.25) is 13.9 Å². The van der Waals surface area contributed by atoms with Gasteiger partial charge in [0.25, 0.3) is 15.9 Å². The Labute approximate surface area is 169 Å². The van der Waals surface area contributed by atoms with Gasteiger partial charge in [-0.1, -0.05) is 18.2 Å². The molecule has 0 unspecified atom stereocenters. The molecular formula is C19H15FN4O3S2. The molecule has 29 heavy (non-hydrogen) atoms. The minimum atomic E-state index is -4.05. The van der Waals surface area contributed by atoms with Gasteiger partial charge in [0.1, 0.15) is 5.82 Å². The van der Waals surface area contributed by atoms with Crippen LogP contribution in [0.15, 0.2) is 71.2 Å². The molecular weight excluding hydrogens is 415 g/mol. The van der Waals surface area contributed by atoms with Crippen LogP contribution in [0.3, 0.4) is 0 Å². The number of benzene rings is 2. The Kier molecular flexibility index (Phi) is 5.03. The van der Waals surface area contributed by atoms with Gasteiger partial charge in [0.2, 0.25) is 0 Å². The normalized spacial score (nSPS) is 11.5. The number of rotatable bonds is 6. The van der Waals surface area contributed by atoms with E-state index in [-0.39, 0.29) is 22.7 Å². The van der Waals surface area contributed by atoms with Crippen LogP contribution in [-0.4, -0.2) is 23.7 Å². The predicted octanol–water partition coefficient (Wildman–Crippen LogP) is 3.27. The zero-order valence-electron chi connectivity index (χ0n) is 14.9. The highest BCUT2D eigenvalue weighted by molar-refractivity contribution is 7.92. The van der Waals surface area contributed by atoms with E-state index < -0.39 is 21.7 Å². The number of nitrogens with one attached hydrogen (secondary N) is 2. The van der Waals surface area contributed by atoms with Crippen LogP contribution in [0.4, 0.5) is 10.1 Å². The zero-order chi connectivity index (χ0) is 20.4. The van der Waals surface area contributed by atoms with Gasteiger partial charge in [0.05, 0.1) is 22.8 Å². The molecule has 148 valence electrons. The number of halogens is 1. The molecule has 0 fully saturated rings. The van der Waals surface area contributed by atoms with Crippen molar-refractivity contribution in [2.75, 3.05) is 4.72 Å². The van der Waals surface area contributed by atoms with Crippen LogP contribution in [0.1, 0.15) is 16.1 Å². The van der Waals surface area contributed by atoms with E-state index in [1.54, 1.807) is 0 Å². The van der Waals surface area contributed by atoms with Crippen molar-refractivity contribution in [3.63, 3.8) is 0 Å². The smallest absolute Gasteiger partial charge is 0.262 e. The van der Waals surface area contributed by atoms with Crippen LogP contribution in [0, 0.1) is 5.82 Å². The number of sulfonamides is 1. The summed E-state index contributed by atoms with van der Waals surface area (Å²) in [5.41, 5.74) is 0.694.